The van der Waals surface area contributed by atoms with Gasteiger partial charge in [-0.05, 0) is 61.2 Å². The van der Waals surface area contributed by atoms with Gasteiger partial charge in [-0.3, -0.25) is 0 Å². The second-order valence-electron chi connectivity index (χ2n) is 8.17. The monoisotopic (exact) mass is 250 g/mol. The van der Waals surface area contributed by atoms with Crippen molar-refractivity contribution >= 4 is 0 Å². The van der Waals surface area contributed by atoms with Crippen molar-refractivity contribution in [2.45, 2.75) is 91.9 Å². The number of rotatable bonds is 4. The Morgan fingerprint density at radius 3 is 1.11 bits per heavy atom. The first-order valence-electron chi connectivity index (χ1n) is 8.50. The fourth-order valence-corrected chi connectivity index (χ4v) is 5.57. The van der Waals surface area contributed by atoms with E-state index in [-0.39, 0.29) is 0 Å². The van der Waals surface area contributed by atoms with Gasteiger partial charge in [-0.2, -0.15) is 0 Å². The van der Waals surface area contributed by atoms with Crippen molar-refractivity contribution in [3.8, 4) is 0 Å². The molecule has 0 aromatic carbocycles. The Labute approximate surface area is 115 Å². The van der Waals surface area contributed by atoms with Crippen LogP contribution in [0.5, 0.6) is 0 Å². The largest absolute Gasteiger partial charge is 0.0628 e. The van der Waals surface area contributed by atoms with Crippen molar-refractivity contribution in [3.05, 3.63) is 0 Å². The van der Waals surface area contributed by atoms with Crippen molar-refractivity contribution in [1.29, 1.82) is 0 Å². The summed E-state index contributed by atoms with van der Waals surface area (Å²) in [4.78, 5) is 0. The van der Waals surface area contributed by atoms with Gasteiger partial charge in [0.05, 0.1) is 0 Å². The van der Waals surface area contributed by atoms with E-state index < -0.39 is 0 Å². The molecule has 2 saturated carbocycles. The Bertz CT molecular complexity index is 221. The summed E-state index contributed by atoms with van der Waals surface area (Å²) < 4.78 is 0. The molecule has 0 radical (unpaired) electrons. The van der Waals surface area contributed by atoms with Crippen LogP contribution in [-0.4, -0.2) is 0 Å². The molecule has 106 valence electrons. The highest BCUT2D eigenvalue weighted by Crippen LogP contribution is 2.64. The van der Waals surface area contributed by atoms with Gasteiger partial charge < -0.3 is 0 Å². The zero-order chi connectivity index (χ0) is 13.2. The molecule has 0 atom stereocenters. The lowest BCUT2D eigenvalue weighted by Gasteiger charge is -2.59. The Kier molecular flexibility index (Phi) is 4.44. The fraction of sp³-hybridized carbons (Fsp3) is 1.00. The molecule has 0 saturated heterocycles. The summed E-state index contributed by atoms with van der Waals surface area (Å²) in [6.07, 6.45) is 15.2. The Morgan fingerprint density at radius 2 is 0.889 bits per heavy atom. The molecule has 0 aromatic heterocycles. The Morgan fingerprint density at radius 1 is 0.611 bits per heavy atom. The minimum atomic E-state index is 0.724. The third kappa shape index (κ3) is 2.63. The van der Waals surface area contributed by atoms with E-state index in [4.69, 9.17) is 0 Å². The van der Waals surface area contributed by atoms with E-state index in [2.05, 4.69) is 27.7 Å². The predicted molar refractivity (Wildman–Crippen MR) is 80.7 cm³/mol. The number of hydrogen-bond acceptors (Lipinski definition) is 0. The summed E-state index contributed by atoms with van der Waals surface area (Å²) in [5, 5.41) is 0. The summed E-state index contributed by atoms with van der Waals surface area (Å²) in [5.41, 5.74) is 1.45. The van der Waals surface area contributed by atoms with Crippen LogP contribution in [0.4, 0.5) is 0 Å². The van der Waals surface area contributed by atoms with Crippen LogP contribution < -0.4 is 0 Å². The van der Waals surface area contributed by atoms with Crippen LogP contribution in [-0.2, 0) is 0 Å². The van der Waals surface area contributed by atoms with E-state index in [9.17, 15) is 0 Å². The van der Waals surface area contributed by atoms with Gasteiger partial charge in [0, 0.05) is 0 Å². The fourth-order valence-electron chi connectivity index (χ4n) is 5.57. The van der Waals surface area contributed by atoms with E-state index in [1.54, 1.807) is 0 Å². The molecule has 0 aromatic rings. The minimum absolute atomic E-state index is 0.724. The van der Waals surface area contributed by atoms with Gasteiger partial charge >= 0.3 is 0 Å². The van der Waals surface area contributed by atoms with Crippen molar-refractivity contribution in [1.82, 2.24) is 0 Å². The molecule has 0 nitrogen and oxygen atoms in total. The van der Waals surface area contributed by atoms with Crippen LogP contribution in [0.3, 0.4) is 0 Å². The molecular weight excluding hydrogens is 216 g/mol. The molecular formula is C18H34. The van der Waals surface area contributed by atoms with Crippen LogP contribution in [0, 0.1) is 22.7 Å². The normalized spacial score (nSPS) is 37.0. The lowest BCUT2D eigenvalue weighted by Crippen LogP contribution is -2.48. The third-order valence-electron chi connectivity index (χ3n) is 5.84. The maximum absolute atomic E-state index is 2.44. The summed E-state index contributed by atoms with van der Waals surface area (Å²) >= 11 is 0. The van der Waals surface area contributed by atoms with E-state index in [1.807, 2.05) is 0 Å². The second kappa shape index (κ2) is 5.55. The van der Waals surface area contributed by atoms with E-state index in [0.717, 1.165) is 22.7 Å². The summed E-state index contributed by atoms with van der Waals surface area (Å²) in [6, 6.07) is 0. The summed E-state index contributed by atoms with van der Waals surface area (Å²) in [5.74, 6) is 1.76. The number of fused-ring (bicyclic) bond motifs is 1. The summed E-state index contributed by atoms with van der Waals surface area (Å²) in [7, 11) is 0. The van der Waals surface area contributed by atoms with Crippen molar-refractivity contribution < 1.29 is 0 Å². The molecule has 0 bridgehead atoms. The average Bonchev–Trinajstić information content (AvgIpc) is 2.27. The molecule has 0 aliphatic heterocycles. The van der Waals surface area contributed by atoms with E-state index in [1.165, 1.54) is 64.2 Å². The van der Waals surface area contributed by atoms with E-state index >= 15 is 0 Å². The van der Waals surface area contributed by atoms with Gasteiger partial charge in [-0.25, -0.2) is 0 Å². The standard InChI is InChI=1S/C18H34/c1-15(2)13-17-9-5-7-11-18(17,14-16(3)4)12-8-6-10-17/h15-16H,5-14H2,1-4H3. The lowest BCUT2D eigenvalue weighted by atomic mass is 9.46. The molecule has 0 unspecified atom stereocenters. The first-order chi connectivity index (χ1) is 8.50. The quantitative estimate of drug-likeness (QED) is 0.557. The third-order valence-corrected chi connectivity index (χ3v) is 5.84. The van der Waals surface area contributed by atoms with Gasteiger partial charge in [0.2, 0.25) is 0 Å². The van der Waals surface area contributed by atoms with Gasteiger partial charge in [0.1, 0.15) is 0 Å². The van der Waals surface area contributed by atoms with Gasteiger partial charge in [0.15, 0.2) is 0 Å². The first-order valence-corrected chi connectivity index (χ1v) is 8.50. The molecule has 2 aliphatic rings. The minimum Gasteiger partial charge on any atom is -0.0628 e. The van der Waals surface area contributed by atoms with Crippen LogP contribution in [0.2, 0.25) is 0 Å². The van der Waals surface area contributed by atoms with Crippen molar-refractivity contribution in [2.75, 3.05) is 0 Å². The first kappa shape index (κ1) is 14.4. The van der Waals surface area contributed by atoms with Crippen molar-refractivity contribution in [3.63, 3.8) is 0 Å². The average molecular weight is 250 g/mol. The highest BCUT2D eigenvalue weighted by atomic mass is 14.6. The molecule has 18 heavy (non-hydrogen) atoms. The lowest BCUT2D eigenvalue weighted by molar-refractivity contribution is -0.0832. The van der Waals surface area contributed by atoms with E-state index in [0.29, 0.717) is 0 Å². The zero-order valence-electron chi connectivity index (χ0n) is 13.2. The Balaban J connectivity index is 2.27. The molecule has 2 aliphatic carbocycles. The number of hydrogen-bond donors (Lipinski definition) is 0. The van der Waals surface area contributed by atoms with Crippen LogP contribution in [0.1, 0.15) is 91.9 Å². The van der Waals surface area contributed by atoms with Gasteiger partial charge in [-0.1, -0.05) is 53.4 Å². The van der Waals surface area contributed by atoms with Gasteiger partial charge in [-0.15, -0.1) is 0 Å². The topological polar surface area (TPSA) is 0 Å². The molecule has 0 spiro atoms. The molecule has 2 rings (SSSR count). The highest BCUT2D eigenvalue weighted by Gasteiger charge is 2.52. The molecule has 0 heterocycles. The predicted octanol–water partition coefficient (Wildman–Crippen LogP) is 6.20. The zero-order valence-corrected chi connectivity index (χ0v) is 13.2. The maximum Gasteiger partial charge on any atom is -0.0238 e. The molecule has 0 amide bonds. The van der Waals surface area contributed by atoms with Crippen molar-refractivity contribution in [2.24, 2.45) is 22.7 Å². The highest BCUT2D eigenvalue weighted by molar-refractivity contribution is 5.03. The summed E-state index contributed by atoms with van der Waals surface area (Å²) in [6.45, 7) is 9.77. The second-order valence-corrected chi connectivity index (χ2v) is 8.17. The Hall–Kier alpha value is 0. The SMILES string of the molecule is CC(C)CC12CCCCC1(CC(C)C)CCCC2. The smallest absolute Gasteiger partial charge is 0.0238 e. The molecule has 0 heteroatoms. The van der Waals surface area contributed by atoms with Crippen LogP contribution in [0.25, 0.3) is 0 Å². The molecule has 2 fully saturated rings. The van der Waals surface area contributed by atoms with Crippen LogP contribution >= 0.6 is 0 Å². The van der Waals surface area contributed by atoms with Gasteiger partial charge in [0.25, 0.3) is 0 Å². The maximum atomic E-state index is 2.44. The van der Waals surface area contributed by atoms with Crippen LogP contribution in [0.15, 0.2) is 0 Å². The molecule has 0 N–H and O–H groups in total.